The Morgan fingerprint density at radius 3 is 2.21 bits per heavy atom. The second-order valence-electron chi connectivity index (χ2n) is 17.7. The number of nitrogens with one attached hydrogen (secondary N) is 1. The van der Waals surface area contributed by atoms with Crippen molar-refractivity contribution in [1.82, 2.24) is 19.7 Å². The first-order valence-electron chi connectivity index (χ1n) is 19.4. The Kier molecular flexibility index (Phi) is 14.1. The van der Waals surface area contributed by atoms with Gasteiger partial charge in [0.15, 0.2) is 22.5 Å². The normalized spacial score (nSPS) is 22.5. The van der Waals surface area contributed by atoms with Gasteiger partial charge in [0.05, 0.1) is 18.9 Å². The van der Waals surface area contributed by atoms with Crippen molar-refractivity contribution >= 4 is 41.7 Å². The molecular weight excluding hydrogens is 768 g/mol. The van der Waals surface area contributed by atoms with E-state index >= 15 is 0 Å². The summed E-state index contributed by atoms with van der Waals surface area (Å²) in [6.45, 7) is 26.7. The lowest BCUT2D eigenvalue weighted by Crippen LogP contribution is -2.56. The molecule has 4 rings (SSSR count). The van der Waals surface area contributed by atoms with Crippen molar-refractivity contribution in [3.8, 4) is 11.8 Å². The molecule has 0 saturated carbocycles. The van der Waals surface area contributed by atoms with E-state index in [2.05, 4.69) is 89.0 Å². The van der Waals surface area contributed by atoms with E-state index in [1.165, 1.54) is 6.33 Å². The van der Waals surface area contributed by atoms with Gasteiger partial charge in [0.1, 0.15) is 48.0 Å². The maximum Gasteiger partial charge on any atom is 0.459 e. The number of rotatable bonds is 17. The van der Waals surface area contributed by atoms with Gasteiger partial charge in [-0.2, -0.15) is 15.4 Å². The number of nitriles is 1. The summed E-state index contributed by atoms with van der Waals surface area (Å²) in [5.74, 6) is 0.0894. The minimum atomic E-state index is -4.35. The fourth-order valence-corrected chi connectivity index (χ4v) is 9.94. The predicted molar refractivity (Wildman–Crippen MR) is 222 cm³/mol. The van der Waals surface area contributed by atoms with Crippen LogP contribution in [0.5, 0.6) is 5.75 Å². The number of ether oxygens (including phenoxy) is 2. The van der Waals surface area contributed by atoms with Crippen LogP contribution >= 0.6 is 7.75 Å². The van der Waals surface area contributed by atoms with E-state index in [4.69, 9.17) is 33.1 Å². The van der Waals surface area contributed by atoms with Crippen molar-refractivity contribution in [2.75, 3.05) is 18.9 Å². The van der Waals surface area contributed by atoms with E-state index in [1.54, 1.807) is 53.9 Å². The van der Waals surface area contributed by atoms with Crippen LogP contribution in [-0.2, 0) is 37.8 Å². The third-order valence-corrected chi connectivity index (χ3v) is 22.2. The topological polar surface area (TPSA) is 182 Å². The molecule has 0 aliphatic carbocycles. The second kappa shape index (κ2) is 17.4. The molecular formula is C39H63N6O8PSi2. The Hall–Kier alpha value is -3.14. The number of anilines is 1. The smallest absolute Gasteiger partial charge is 0.459 e. The highest BCUT2D eigenvalue weighted by Crippen LogP contribution is 2.52. The summed E-state index contributed by atoms with van der Waals surface area (Å²) in [7, 11) is -9.66. The Bertz CT molecular complexity index is 1890. The average Bonchev–Trinajstić information content (AvgIpc) is 3.67. The minimum absolute atomic E-state index is 0.203. The van der Waals surface area contributed by atoms with Gasteiger partial charge in [-0.3, -0.25) is 9.32 Å². The van der Waals surface area contributed by atoms with Gasteiger partial charge < -0.3 is 28.6 Å². The van der Waals surface area contributed by atoms with Crippen LogP contribution in [0.1, 0.15) is 80.8 Å². The Morgan fingerprint density at radius 2 is 1.64 bits per heavy atom. The van der Waals surface area contributed by atoms with E-state index in [-0.39, 0.29) is 40.8 Å². The zero-order valence-electron chi connectivity index (χ0n) is 35.4. The summed E-state index contributed by atoms with van der Waals surface area (Å²) in [5, 5.41) is 18.1. The second-order valence-corrected chi connectivity index (χ2v) is 28.9. The molecule has 1 aliphatic heterocycles. The quantitative estimate of drug-likeness (QED) is 0.0753. The zero-order valence-corrected chi connectivity index (χ0v) is 38.3. The van der Waals surface area contributed by atoms with Crippen molar-refractivity contribution in [3.63, 3.8) is 0 Å². The predicted octanol–water partition coefficient (Wildman–Crippen LogP) is 8.37. The standard InChI is InChI=1S/C39H63N6O8PSi2/c1-14-28(15-2)23-48-36(46)27(3)44-54(47,51-29-19-17-16-18-20-29)49-24-31-33(52-55(10,11)37(4,5)6)34(53-56(12,13)38(7,8)9)39(25-40,50-31)32-22-21-30-35(41)42-26-43-45(30)32/h16-22,26-28,31,33-34H,14-15,23-24H2,1-13H3,(H,44,47)(H2,41,42,43)/t27?,31-,33-,34-,39+,54?/m1/s1. The molecule has 0 bridgehead atoms. The molecule has 310 valence electrons. The number of carbonyl (C=O) groups excluding carboxylic acids is 1. The van der Waals surface area contributed by atoms with E-state index in [9.17, 15) is 14.6 Å². The third-order valence-electron chi connectivity index (χ3n) is 11.6. The fraction of sp³-hybridized carbons (Fsp3) is 0.641. The number of nitrogens with two attached hydrogens (primary N) is 1. The molecule has 2 unspecified atom stereocenters. The van der Waals surface area contributed by atoms with Crippen LogP contribution in [0.15, 0.2) is 48.8 Å². The van der Waals surface area contributed by atoms with Crippen LogP contribution in [0.2, 0.25) is 36.3 Å². The molecule has 3 aromatic rings. The maximum absolute atomic E-state index is 14.8. The maximum atomic E-state index is 14.8. The number of hydrogen-bond acceptors (Lipinski definition) is 12. The van der Waals surface area contributed by atoms with Gasteiger partial charge in [-0.1, -0.05) is 86.4 Å². The van der Waals surface area contributed by atoms with Gasteiger partial charge in [-0.25, -0.2) is 14.1 Å². The summed E-state index contributed by atoms with van der Waals surface area (Å²) < 4.78 is 55.6. The molecule has 1 aromatic carbocycles. The van der Waals surface area contributed by atoms with Gasteiger partial charge in [-0.15, -0.1) is 0 Å². The molecule has 14 nitrogen and oxygen atoms in total. The molecule has 1 saturated heterocycles. The van der Waals surface area contributed by atoms with Crippen molar-refractivity contribution in [2.45, 2.75) is 141 Å². The molecule has 1 aliphatic rings. The van der Waals surface area contributed by atoms with E-state index in [1.807, 2.05) is 13.8 Å². The fourth-order valence-electron chi connectivity index (χ4n) is 5.84. The highest BCUT2D eigenvalue weighted by molar-refractivity contribution is 7.52. The van der Waals surface area contributed by atoms with Gasteiger partial charge >= 0.3 is 13.7 Å². The van der Waals surface area contributed by atoms with Crippen LogP contribution in [0.3, 0.4) is 0 Å². The largest absolute Gasteiger partial charge is 0.464 e. The summed E-state index contributed by atoms with van der Waals surface area (Å²) in [6, 6.07) is 13.4. The molecule has 2 aromatic heterocycles. The zero-order chi connectivity index (χ0) is 41.9. The first kappa shape index (κ1) is 45.6. The van der Waals surface area contributed by atoms with Gasteiger partial charge in [-0.05, 0) is 73.4 Å². The van der Waals surface area contributed by atoms with Crippen LogP contribution in [0, 0.1) is 17.2 Å². The monoisotopic (exact) mass is 830 g/mol. The highest BCUT2D eigenvalue weighted by Gasteiger charge is 2.63. The lowest BCUT2D eigenvalue weighted by Gasteiger charge is -2.45. The number of esters is 1. The third kappa shape index (κ3) is 9.93. The van der Waals surface area contributed by atoms with Crippen LogP contribution in [0.4, 0.5) is 5.82 Å². The number of carbonyl (C=O) groups is 1. The molecule has 3 heterocycles. The number of benzene rings is 1. The van der Waals surface area contributed by atoms with Crippen LogP contribution in [0.25, 0.3) is 5.52 Å². The molecule has 0 amide bonds. The molecule has 3 N–H and O–H groups in total. The summed E-state index contributed by atoms with van der Waals surface area (Å²) in [4.78, 5) is 17.3. The van der Waals surface area contributed by atoms with E-state index in [0.29, 0.717) is 11.2 Å². The molecule has 6 atom stereocenters. The van der Waals surface area contributed by atoms with Gasteiger partial charge in [0.2, 0.25) is 5.60 Å². The number of aromatic nitrogens is 3. The van der Waals surface area contributed by atoms with Crippen molar-refractivity contribution in [1.29, 1.82) is 5.26 Å². The lowest BCUT2D eigenvalue weighted by molar-refractivity contribution is -0.146. The number of nitrogen functional groups attached to an aromatic ring is 1. The molecule has 17 heteroatoms. The molecule has 56 heavy (non-hydrogen) atoms. The lowest BCUT2D eigenvalue weighted by atomic mass is 9.92. The van der Waals surface area contributed by atoms with Gasteiger partial charge in [0.25, 0.3) is 0 Å². The Labute approximate surface area is 335 Å². The number of fused-ring (bicyclic) bond motifs is 1. The van der Waals surface area contributed by atoms with Crippen molar-refractivity contribution in [3.05, 3.63) is 54.5 Å². The highest BCUT2D eigenvalue weighted by atomic mass is 31.2. The van der Waals surface area contributed by atoms with E-state index < -0.39 is 60.3 Å². The number of para-hydroxylation sites is 1. The summed E-state index contributed by atoms with van der Waals surface area (Å²) in [6.07, 6.45) is 0.129. The summed E-state index contributed by atoms with van der Waals surface area (Å²) >= 11 is 0. The Morgan fingerprint density at radius 1 is 1.04 bits per heavy atom. The van der Waals surface area contributed by atoms with Crippen molar-refractivity contribution in [2.24, 2.45) is 5.92 Å². The SMILES string of the molecule is CCC(CC)COC(=O)C(C)NP(=O)(OC[C@H]1O[C@@](C#N)(c2ccc3c(N)ncnn23)[C@H](O[Si](C)(C)C(C)(C)C)[C@@H]1O[Si](C)(C)C(C)(C)C)Oc1ccccc1. The average molecular weight is 831 g/mol. The van der Waals surface area contributed by atoms with Gasteiger partial charge in [0, 0.05) is 0 Å². The Balaban J connectivity index is 1.83. The number of hydrogen-bond donors (Lipinski definition) is 2. The van der Waals surface area contributed by atoms with Crippen LogP contribution in [-0.4, -0.2) is 74.8 Å². The molecule has 1 fully saturated rings. The molecule has 0 radical (unpaired) electrons. The molecule has 0 spiro atoms. The van der Waals surface area contributed by atoms with E-state index in [0.717, 1.165) is 12.8 Å². The first-order valence-corrected chi connectivity index (χ1v) is 26.8. The van der Waals surface area contributed by atoms with Crippen LogP contribution < -0.4 is 15.3 Å². The van der Waals surface area contributed by atoms with Crippen molar-refractivity contribution < 1.29 is 36.7 Å². The first-order chi connectivity index (χ1) is 25.9. The summed E-state index contributed by atoms with van der Waals surface area (Å²) in [5.41, 5.74) is 5.32. The minimum Gasteiger partial charge on any atom is -0.464 e. The number of nitrogens with zero attached hydrogens (tertiary/aromatic N) is 4.